The molecule has 0 saturated heterocycles. The highest BCUT2D eigenvalue weighted by Gasteiger charge is 2.39. The van der Waals surface area contributed by atoms with Gasteiger partial charge in [-0.05, 0) is 6.42 Å². The van der Waals surface area contributed by atoms with Crippen LogP contribution in [-0.2, 0) is 41.0 Å². The van der Waals surface area contributed by atoms with Crippen molar-refractivity contribution in [3.63, 3.8) is 0 Å². The summed E-state index contributed by atoms with van der Waals surface area (Å²) < 4.78 is 68.1. The molecule has 0 aliphatic heterocycles. The molecule has 2 rings (SSSR count). The molecule has 0 saturated carbocycles. The summed E-state index contributed by atoms with van der Waals surface area (Å²) in [5, 5.41) is 10.2. The van der Waals surface area contributed by atoms with E-state index in [-0.39, 0.29) is 0 Å². The average Bonchev–Trinajstić information content (AvgIpc) is 2.94. The first-order valence-corrected chi connectivity index (χ1v) is 8.04. The molecule has 0 aromatic carbocycles. The van der Waals surface area contributed by atoms with Crippen LogP contribution in [0.4, 0.5) is 13.2 Å². The quantitative estimate of drug-likeness (QED) is 0.820. The molecule has 0 amide bonds. The second kappa shape index (κ2) is 5.71. The molecule has 0 N–H and O–H groups in total. The van der Waals surface area contributed by atoms with Gasteiger partial charge >= 0.3 is 6.18 Å². The summed E-state index contributed by atoms with van der Waals surface area (Å²) in [4.78, 5) is 0. The molecule has 11 heteroatoms. The number of nitrogens with zero attached hydrogens (tertiary/aromatic N) is 4. The maximum atomic E-state index is 12.9. The summed E-state index contributed by atoms with van der Waals surface area (Å²) >= 11 is 0. The number of hydrogen-bond donors (Lipinski definition) is 0. The Labute approximate surface area is 124 Å². The van der Waals surface area contributed by atoms with Crippen LogP contribution >= 0.6 is 0 Å². The molecule has 22 heavy (non-hydrogen) atoms. The van der Waals surface area contributed by atoms with E-state index in [0.29, 0.717) is 22.4 Å². The number of aromatic nitrogens is 4. The maximum Gasteiger partial charge on any atom is 0.434 e. The van der Waals surface area contributed by atoms with Crippen LogP contribution in [0.1, 0.15) is 29.6 Å². The third kappa shape index (κ3) is 3.46. The zero-order valence-corrected chi connectivity index (χ0v) is 12.6. The number of halogens is 3. The van der Waals surface area contributed by atoms with Crippen LogP contribution in [0.2, 0.25) is 0 Å². The van der Waals surface area contributed by atoms with Crippen molar-refractivity contribution in [1.82, 2.24) is 20.2 Å². The van der Waals surface area contributed by atoms with Crippen LogP contribution in [0.5, 0.6) is 0 Å². The van der Waals surface area contributed by atoms with Crippen molar-refractivity contribution in [1.29, 1.82) is 0 Å². The van der Waals surface area contributed by atoms with Crippen molar-refractivity contribution in [3.05, 3.63) is 28.9 Å². The van der Waals surface area contributed by atoms with Crippen LogP contribution < -0.4 is 0 Å². The summed E-state index contributed by atoms with van der Waals surface area (Å²) in [5.74, 6) is -1.32. The van der Waals surface area contributed by atoms with Crippen LogP contribution in [0, 0.1) is 0 Å². The second-order valence-electron chi connectivity index (χ2n) is 4.68. The van der Waals surface area contributed by atoms with E-state index in [9.17, 15) is 21.6 Å². The van der Waals surface area contributed by atoms with Gasteiger partial charge in [0, 0.05) is 12.6 Å². The lowest BCUT2D eigenvalue weighted by atomic mass is 10.2. The minimum Gasteiger partial charge on any atom is -0.364 e. The van der Waals surface area contributed by atoms with E-state index in [1.54, 1.807) is 6.92 Å². The van der Waals surface area contributed by atoms with Gasteiger partial charge in [0.15, 0.2) is 15.5 Å². The van der Waals surface area contributed by atoms with Crippen molar-refractivity contribution < 1.29 is 26.1 Å². The highest BCUT2D eigenvalue weighted by Crippen LogP contribution is 2.31. The van der Waals surface area contributed by atoms with E-state index in [0.717, 1.165) is 7.05 Å². The Morgan fingerprint density at radius 3 is 2.55 bits per heavy atom. The van der Waals surface area contributed by atoms with E-state index in [1.807, 2.05) is 0 Å². The molecule has 0 spiro atoms. The highest BCUT2D eigenvalue weighted by atomic mass is 32.2. The average molecular weight is 338 g/mol. The normalized spacial score (nSPS) is 12.8. The van der Waals surface area contributed by atoms with E-state index in [4.69, 9.17) is 0 Å². The SMILES string of the molecule is CCc1nocc1CS(=O)(=O)Cc1nnn(C)c1C(F)(F)F. The van der Waals surface area contributed by atoms with E-state index in [2.05, 4.69) is 20.0 Å². The van der Waals surface area contributed by atoms with Crippen molar-refractivity contribution in [3.8, 4) is 0 Å². The fourth-order valence-electron chi connectivity index (χ4n) is 2.03. The molecule has 7 nitrogen and oxygen atoms in total. The van der Waals surface area contributed by atoms with Gasteiger partial charge in [0.2, 0.25) is 0 Å². The van der Waals surface area contributed by atoms with Crippen LogP contribution in [0.15, 0.2) is 10.8 Å². The van der Waals surface area contributed by atoms with Crippen molar-refractivity contribution >= 4 is 9.84 Å². The fraction of sp³-hybridized carbons (Fsp3) is 0.545. The topological polar surface area (TPSA) is 90.9 Å². The molecule has 0 aliphatic carbocycles. The minimum atomic E-state index is -4.73. The van der Waals surface area contributed by atoms with Gasteiger partial charge in [0.05, 0.1) is 17.2 Å². The zero-order chi connectivity index (χ0) is 16.5. The number of alkyl halides is 3. The van der Waals surface area contributed by atoms with Gasteiger partial charge in [0.1, 0.15) is 12.0 Å². The summed E-state index contributed by atoms with van der Waals surface area (Å²) in [7, 11) is -2.82. The van der Waals surface area contributed by atoms with E-state index < -0.39 is 38.9 Å². The zero-order valence-electron chi connectivity index (χ0n) is 11.8. The molecular weight excluding hydrogens is 325 g/mol. The molecule has 0 fully saturated rings. The molecule has 2 aromatic heterocycles. The van der Waals surface area contributed by atoms with Crippen LogP contribution in [-0.4, -0.2) is 28.6 Å². The highest BCUT2D eigenvalue weighted by molar-refractivity contribution is 7.89. The Bertz CT molecular complexity index is 764. The van der Waals surface area contributed by atoms with Gasteiger partial charge in [-0.25, -0.2) is 13.1 Å². The number of sulfone groups is 1. The Morgan fingerprint density at radius 1 is 1.27 bits per heavy atom. The van der Waals surface area contributed by atoms with Gasteiger partial charge < -0.3 is 4.52 Å². The molecule has 2 aromatic rings. The number of aryl methyl sites for hydroxylation is 2. The Hall–Kier alpha value is -1.91. The number of hydrogen-bond acceptors (Lipinski definition) is 6. The molecule has 122 valence electrons. The summed E-state index contributed by atoms with van der Waals surface area (Å²) in [6.07, 6.45) is -3.09. The van der Waals surface area contributed by atoms with Crippen molar-refractivity contribution in [2.45, 2.75) is 31.0 Å². The van der Waals surface area contributed by atoms with Crippen LogP contribution in [0.3, 0.4) is 0 Å². The van der Waals surface area contributed by atoms with Gasteiger partial charge in [-0.2, -0.15) is 13.2 Å². The van der Waals surface area contributed by atoms with E-state index in [1.165, 1.54) is 6.26 Å². The number of rotatable bonds is 5. The smallest absolute Gasteiger partial charge is 0.364 e. The Morgan fingerprint density at radius 2 is 1.95 bits per heavy atom. The molecule has 2 heterocycles. The Balaban J connectivity index is 2.27. The monoisotopic (exact) mass is 338 g/mol. The first-order valence-electron chi connectivity index (χ1n) is 6.22. The van der Waals surface area contributed by atoms with Gasteiger partial charge in [0.25, 0.3) is 0 Å². The second-order valence-corrected chi connectivity index (χ2v) is 6.74. The molecular formula is C11H13F3N4O3S. The first-order chi connectivity index (χ1) is 10.1. The lowest BCUT2D eigenvalue weighted by Crippen LogP contribution is -2.17. The molecule has 0 radical (unpaired) electrons. The van der Waals surface area contributed by atoms with Crippen molar-refractivity contribution in [2.75, 3.05) is 0 Å². The lowest BCUT2D eigenvalue weighted by molar-refractivity contribution is -0.144. The van der Waals surface area contributed by atoms with Crippen molar-refractivity contribution in [2.24, 2.45) is 7.05 Å². The minimum absolute atomic E-state index is 0.333. The standard InChI is InChI=1S/C11H13F3N4O3S/c1-3-8-7(4-21-16-8)5-22(19,20)6-9-10(11(12,13)14)18(2)17-15-9/h4H,3,5-6H2,1-2H3. The predicted octanol–water partition coefficient (Wildman–Crippen LogP) is 1.50. The lowest BCUT2D eigenvalue weighted by Gasteiger charge is -2.08. The molecule has 0 aliphatic rings. The predicted molar refractivity (Wildman–Crippen MR) is 68.2 cm³/mol. The van der Waals surface area contributed by atoms with E-state index >= 15 is 0 Å². The van der Waals surface area contributed by atoms with Gasteiger partial charge in [-0.3, -0.25) is 0 Å². The third-order valence-corrected chi connectivity index (χ3v) is 4.42. The Kier molecular flexibility index (Phi) is 4.27. The van der Waals surface area contributed by atoms with Gasteiger partial charge in [-0.1, -0.05) is 17.3 Å². The van der Waals surface area contributed by atoms with Crippen LogP contribution in [0.25, 0.3) is 0 Å². The molecule has 0 unspecified atom stereocenters. The summed E-state index contributed by atoms with van der Waals surface area (Å²) in [6.45, 7) is 1.76. The van der Waals surface area contributed by atoms with Gasteiger partial charge in [-0.15, -0.1) is 5.10 Å². The summed E-state index contributed by atoms with van der Waals surface area (Å²) in [5.41, 5.74) is -1.000. The molecule has 0 bridgehead atoms. The fourth-order valence-corrected chi connectivity index (χ4v) is 3.45. The largest absolute Gasteiger partial charge is 0.434 e. The molecule has 0 atom stereocenters. The third-order valence-electron chi connectivity index (χ3n) is 2.96. The summed E-state index contributed by atoms with van der Waals surface area (Å²) in [6, 6.07) is 0. The first kappa shape index (κ1) is 16.5. The maximum absolute atomic E-state index is 12.9.